The van der Waals surface area contributed by atoms with Gasteiger partial charge in [-0.1, -0.05) is 48.0 Å². The first kappa shape index (κ1) is 19.6. The summed E-state index contributed by atoms with van der Waals surface area (Å²) in [5.41, 5.74) is 2.20. The Morgan fingerprint density at radius 3 is 2.23 bits per heavy atom. The molecule has 5 nitrogen and oxygen atoms in total. The highest BCUT2D eigenvalue weighted by Crippen LogP contribution is 2.28. The van der Waals surface area contributed by atoms with Gasteiger partial charge in [-0.25, -0.2) is 0 Å². The maximum Gasteiger partial charge on any atom is 0.262 e. The lowest BCUT2D eigenvalue weighted by Gasteiger charge is -2.08. The van der Waals surface area contributed by atoms with E-state index in [4.69, 9.17) is 16.3 Å². The molecule has 0 saturated heterocycles. The molecule has 0 atom stereocenters. The maximum absolute atomic E-state index is 12.5. The first-order valence-corrected chi connectivity index (χ1v) is 9.57. The van der Waals surface area contributed by atoms with E-state index in [1.54, 1.807) is 78.9 Å². The third kappa shape index (κ3) is 4.16. The fourth-order valence-electron chi connectivity index (χ4n) is 3.14. The Morgan fingerprint density at radius 2 is 1.57 bits per heavy atom. The van der Waals surface area contributed by atoms with Crippen LogP contribution in [0.1, 0.15) is 26.3 Å². The van der Waals surface area contributed by atoms with Gasteiger partial charge < -0.3 is 10.1 Å². The van der Waals surface area contributed by atoms with Gasteiger partial charge in [0.1, 0.15) is 5.75 Å². The van der Waals surface area contributed by atoms with Gasteiger partial charge in [0.25, 0.3) is 5.91 Å². The summed E-state index contributed by atoms with van der Waals surface area (Å²) in [6, 6.07) is 20.4. The molecule has 148 valence electrons. The SMILES string of the molecule is O=C(COc1cccc(C=C2C(=O)c3ccccc3C2=O)c1)Nc1ccc(Cl)cc1. The highest BCUT2D eigenvalue weighted by Gasteiger charge is 2.32. The zero-order chi connectivity index (χ0) is 21.1. The highest BCUT2D eigenvalue weighted by molar-refractivity contribution is 6.41. The summed E-state index contributed by atoms with van der Waals surface area (Å²) in [5.74, 6) is -0.447. The first-order chi connectivity index (χ1) is 14.5. The van der Waals surface area contributed by atoms with E-state index in [2.05, 4.69) is 5.32 Å². The first-order valence-electron chi connectivity index (χ1n) is 9.20. The van der Waals surface area contributed by atoms with Crippen molar-refractivity contribution in [3.63, 3.8) is 0 Å². The summed E-state index contributed by atoms with van der Waals surface area (Å²) in [7, 11) is 0. The number of ether oxygens (including phenoxy) is 1. The number of hydrogen-bond donors (Lipinski definition) is 1. The van der Waals surface area contributed by atoms with Crippen molar-refractivity contribution < 1.29 is 19.1 Å². The summed E-state index contributed by atoms with van der Waals surface area (Å²) < 4.78 is 5.55. The molecular weight excluding hydrogens is 402 g/mol. The Labute approximate surface area is 177 Å². The van der Waals surface area contributed by atoms with E-state index in [0.29, 0.717) is 33.1 Å². The molecule has 1 amide bonds. The predicted molar refractivity (Wildman–Crippen MR) is 115 cm³/mol. The van der Waals surface area contributed by atoms with Crippen LogP contribution >= 0.6 is 11.6 Å². The van der Waals surface area contributed by atoms with Crippen molar-refractivity contribution in [3.8, 4) is 5.75 Å². The van der Waals surface area contributed by atoms with Gasteiger partial charge >= 0.3 is 0 Å². The van der Waals surface area contributed by atoms with Crippen molar-refractivity contribution in [1.29, 1.82) is 0 Å². The average Bonchev–Trinajstić information content (AvgIpc) is 2.99. The van der Waals surface area contributed by atoms with Gasteiger partial charge in [-0.3, -0.25) is 14.4 Å². The van der Waals surface area contributed by atoms with Gasteiger partial charge in [0, 0.05) is 21.8 Å². The second-order valence-corrected chi connectivity index (χ2v) is 7.11. The highest BCUT2D eigenvalue weighted by atomic mass is 35.5. The van der Waals surface area contributed by atoms with E-state index in [9.17, 15) is 14.4 Å². The van der Waals surface area contributed by atoms with Crippen molar-refractivity contribution in [1.82, 2.24) is 0 Å². The molecule has 3 aromatic rings. The number of Topliss-reactive ketones (excluding diaryl/α,β-unsaturated/α-hetero) is 2. The molecule has 0 bridgehead atoms. The normalized spacial score (nSPS) is 12.5. The molecular formula is C24H16ClNO4. The Balaban J connectivity index is 1.44. The third-order valence-corrected chi connectivity index (χ3v) is 4.82. The quantitative estimate of drug-likeness (QED) is 0.477. The van der Waals surface area contributed by atoms with Gasteiger partial charge in [0.2, 0.25) is 0 Å². The van der Waals surface area contributed by atoms with E-state index in [-0.39, 0.29) is 29.7 Å². The maximum atomic E-state index is 12.5. The molecule has 4 rings (SSSR count). The van der Waals surface area contributed by atoms with Crippen molar-refractivity contribution in [2.24, 2.45) is 0 Å². The number of hydrogen-bond acceptors (Lipinski definition) is 4. The molecule has 30 heavy (non-hydrogen) atoms. The van der Waals surface area contributed by atoms with Crippen LogP contribution in [-0.4, -0.2) is 24.1 Å². The van der Waals surface area contributed by atoms with E-state index in [1.165, 1.54) is 0 Å². The van der Waals surface area contributed by atoms with Crippen LogP contribution in [0.4, 0.5) is 5.69 Å². The molecule has 0 radical (unpaired) electrons. The number of anilines is 1. The summed E-state index contributed by atoms with van der Waals surface area (Å²) >= 11 is 5.83. The summed E-state index contributed by atoms with van der Waals surface area (Å²) in [6.45, 7) is -0.189. The molecule has 0 fully saturated rings. The average molecular weight is 418 g/mol. The minimum absolute atomic E-state index is 0.119. The topological polar surface area (TPSA) is 72.5 Å². The lowest BCUT2D eigenvalue weighted by atomic mass is 10.1. The fourth-order valence-corrected chi connectivity index (χ4v) is 3.27. The minimum atomic E-state index is -0.322. The molecule has 1 aliphatic carbocycles. The number of benzene rings is 3. The molecule has 1 N–H and O–H groups in total. The zero-order valence-corrected chi connectivity index (χ0v) is 16.5. The number of rotatable bonds is 5. The van der Waals surface area contributed by atoms with E-state index in [1.807, 2.05) is 0 Å². The number of amides is 1. The number of allylic oxidation sites excluding steroid dienone is 1. The third-order valence-electron chi connectivity index (χ3n) is 4.57. The van der Waals surface area contributed by atoms with Crippen LogP contribution in [0.3, 0.4) is 0 Å². The van der Waals surface area contributed by atoms with Crippen molar-refractivity contribution in [2.75, 3.05) is 11.9 Å². The number of halogens is 1. The lowest BCUT2D eigenvalue weighted by molar-refractivity contribution is -0.118. The van der Waals surface area contributed by atoms with Crippen LogP contribution in [0.25, 0.3) is 6.08 Å². The Kier molecular flexibility index (Phi) is 5.46. The molecule has 3 aromatic carbocycles. The van der Waals surface area contributed by atoms with Crippen molar-refractivity contribution >= 4 is 40.8 Å². The standard InChI is InChI=1S/C24H16ClNO4/c25-16-8-10-17(11-9-16)26-22(27)14-30-18-5-3-4-15(12-18)13-21-23(28)19-6-1-2-7-20(19)24(21)29/h1-13H,14H2,(H,26,27). The second-order valence-electron chi connectivity index (χ2n) is 6.68. The number of nitrogens with one attached hydrogen (secondary N) is 1. The largest absolute Gasteiger partial charge is 0.484 e. The van der Waals surface area contributed by atoms with E-state index in [0.717, 1.165) is 0 Å². The summed E-state index contributed by atoms with van der Waals surface area (Å²) in [6.07, 6.45) is 1.55. The van der Waals surface area contributed by atoms with Crippen LogP contribution in [-0.2, 0) is 4.79 Å². The van der Waals surface area contributed by atoms with Crippen molar-refractivity contribution in [2.45, 2.75) is 0 Å². The van der Waals surface area contributed by atoms with Gasteiger partial charge in [-0.15, -0.1) is 0 Å². The number of ketones is 2. The molecule has 0 saturated carbocycles. The van der Waals surface area contributed by atoms with Crippen LogP contribution in [0.5, 0.6) is 5.75 Å². The smallest absolute Gasteiger partial charge is 0.262 e. The van der Waals surface area contributed by atoms with Gasteiger partial charge in [0.05, 0.1) is 5.57 Å². The van der Waals surface area contributed by atoms with Crippen molar-refractivity contribution in [3.05, 3.63) is 100 Å². The molecule has 0 aromatic heterocycles. The van der Waals surface area contributed by atoms with Crippen LogP contribution in [0.15, 0.2) is 78.4 Å². The van der Waals surface area contributed by atoms with Gasteiger partial charge in [0.15, 0.2) is 18.2 Å². The molecule has 0 unspecified atom stereocenters. The molecule has 0 heterocycles. The molecule has 1 aliphatic rings. The summed E-state index contributed by atoms with van der Waals surface area (Å²) in [4.78, 5) is 37.1. The predicted octanol–water partition coefficient (Wildman–Crippen LogP) is 4.82. The minimum Gasteiger partial charge on any atom is -0.484 e. The molecule has 0 aliphatic heterocycles. The Hall–Kier alpha value is -3.70. The summed E-state index contributed by atoms with van der Waals surface area (Å²) in [5, 5.41) is 3.29. The molecule has 6 heteroatoms. The van der Waals surface area contributed by atoms with E-state index < -0.39 is 0 Å². The van der Waals surface area contributed by atoms with Crippen LogP contribution in [0, 0.1) is 0 Å². The number of carbonyl (C=O) groups is 3. The fraction of sp³-hybridized carbons (Fsp3) is 0.0417. The van der Waals surface area contributed by atoms with E-state index >= 15 is 0 Å². The second kappa shape index (κ2) is 8.35. The lowest BCUT2D eigenvalue weighted by Crippen LogP contribution is -2.20. The van der Waals surface area contributed by atoms with Crippen LogP contribution < -0.4 is 10.1 Å². The van der Waals surface area contributed by atoms with Gasteiger partial charge in [-0.05, 0) is 48.0 Å². The Bertz CT molecular complexity index is 1140. The number of fused-ring (bicyclic) bond motifs is 1. The monoisotopic (exact) mass is 417 g/mol. The number of carbonyl (C=O) groups excluding carboxylic acids is 3. The van der Waals surface area contributed by atoms with Crippen LogP contribution in [0.2, 0.25) is 5.02 Å². The Morgan fingerprint density at radius 1 is 0.900 bits per heavy atom. The van der Waals surface area contributed by atoms with Gasteiger partial charge in [-0.2, -0.15) is 0 Å². The molecule has 0 spiro atoms. The zero-order valence-electron chi connectivity index (χ0n) is 15.7.